The second-order valence-electron chi connectivity index (χ2n) is 5.85. The summed E-state index contributed by atoms with van der Waals surface area (Å²) < 4.78 is 2.37. The fourth-order valence-corrected chi connectivity index (χ4v) is 4.25. The van der Waals surface area contributed by atoms with Crippen LogP contribution in [0.4, 0.5) is 0 Å². The molecule has 4 nitrogen and oxygen atoms in total. The van der Waals surface area contributed by atoms with E-state index in [9.17, 15) is 0 Å². The highest BCUT2D eigenvalue weighted by Gasteiger charge is 2.33. The monoisotopic (exact) mass is 296 g/mol. The minimum Gasteiger partial charge on any atom is -0.308 e. The van der Waals surface area contributed by atoms with E-state index in [0.717, 1.165) is 30.0 Å². The molecule has 3 aromatic rings. The van der Waals surface area contributed by atoms with Crippen molar-refractivity contribution in [1.82, 2.24) is 19.9 Å². The first-order valence-corrected chi connectivity index (χ1v) is 8.42. The lowest BCUT2D eigenvalue weighted by Crippen LogP contribution is -2.31. The highest BCUT2D eigenvalue weighted by atomic mass is 32.1. The Morgan fingerprint density at radius 2 is 2.24 bits per heavy atom. The van der Waals surface area contributed by atoms with Gasteiger partial charge in [-0.2, -0.15) is 0 Å². The summed E-state index contributed by atoms with van der Waals surface area (Å²) in [6, 6.07) is 7.10. The van der Waals surface area contributed by atoms with E-state index < -0.39 is 0 Å². The third-order valence-electron chi connectivity index (χ3n) is 4.44. The maximum absolute atomic E-state index is 4.92. The van der Waals surface area contributed by atoms with Gasteiger partial charge in [-0.15, -0.1) is 11.3 Å². The van der Waals surface area contributed by atoms with Crippen LogP contribution in [0, 0.1) is 0 Å². The van der Waals surface area contributed by atoms with Crippen LogP contribution in [0.15, 0.2) is 29.8 Å². The van der Waals surface area contributed by atoms with Crippen LogP contribution in [-0.4, -0.2) is 21.1 Å². The van der Waals surface area contributed by atoms with Crippen molar-refractivity contribution < 1.29 is 0 Å². The Hall–Kier alpha value is -1.72. The molecule has 0 bridgehead atoms. The topological polar surface area (TPSA) is 42.7 Å². The van der Waals surface area contributed by atoms with Gasteiger partial charge in [-0.05, 0) is 48.4 Å². The standard InChI is InChI=1S/C16H16N4S/c1-2-12-15(18-7-1)20(10-3-4-10)16(19-12)14-11-6-9-21-13(11)5-8-17-14/h1-2,6-7,9-10,14,17H,3-5,8H2. The number of thiophene rings is 1. The molecule has 21 heavy (non-hydrogen) atoms. The molecule has 0 aromatic carbocycles. The van der Waals surface area contributed by atoms with Crippen molar-refractivity contribution in [2.24, 2.45) is 0 Å². The van der Waals surface area contributed by atoms with Gasteiger partial charge in [0.25, 0.3) is 0 Å². The van der Waals surface area contributed by atoms with Crippen molar-refractivity contribution >= 4 is 22.5 Å². The smallest absolute Gasteiger partial charge is 0.160 e. The molecule has 0 radical (unpaired) electrons. The molecule has 2 aliphatic rings. The van der Waals surface area contributed by atoms with Crippen LogP contribution in [0.2, 0.25) is 0 Å². The third-order valence-corrected chi connectivity index (χ3v) is 5.43. The Balaban J connectivity index is 1.73. The first kappa shape index (κ1) is 11.9. The predicted octanol–water partition coefficient (Wildman–Crippen LogP) is 3.06. The zero-order chi connectivity index (χ0) is 13.8. The van der Waals surface area contributed by atoms with Gasteiger partial charge in [-0.3, -0.25) is 0 Å². The van der Waals surface area contributed by atoms with Crippen LogP contribution in [0.5, 0.6) is 0 Å². The first-order valence-electron chi connectivity index (χ1n) is 7.54. The van der Waals surface area contributed by atoms with E-state index in [1.165, 1.54) is 23.3 Å². The Morgan fingerprint density at radius 1 is 1.29 bits per heavy atom. The molecule has 1 unspecified atom stereocenters. The van der Waals surface area contributed by atoms with Crippen molar-refractivity contribution in [1.29, 1.82) is 0 Å². The fourth-order valence-electron chi connectivity index (χ4n) is 3.32. The molecule has 0 spiro atoms. The molecule has 1 atom stereocenters. The van der Waals surface area contributed by atoms with Gasteiger partial charge in [-0.25, -0.2) is 9.97 Å². The Morgan fingerprint density at radius 3 is 3.14 bits per heavy atom. The Labute approximate surface area is 126 Å². The van der Waals surface area contributed by atoms with Crippen LogP contribution in [0.1, 0.15) is 41.2 Å². The number of aromatic nitrogens is 3. The van der Waals surface area contributed by atoms with Crippen LogP contribution in [-0.2, 0) is 6.42 Å². The van der Waals surface area contributed by atoms with Gasteiger partial charge in [0.1, 0.15) is 11.3 Å². The normalized spacial score (nSPS) is 21.6. The van der Waals surface area contributed by atoms with Crippen molar-refractivity contribution in [3.05, 3.63) is 46.0 Å². The SMILES string of the molecule is c1cnc2c(c1)nc(C1NCCc3sccc31)n2C1CC1. The van der Waals surface area contributed by atoms with Gasteiger partial charge in [0.2, 0.25) is 0 Å². The molecule has 3 aromatic heterocycles. The fraction of sp³-hybridized carbons (Fsp3) is 0.375. The number of hydrogen-bond acceptors (Lipinski definition) is 4. The molecule has 1 N–H and O–H groups in total. The average Bonchev–Trinajstić information content (AvgIpc) is 3.12. The lowest BCUT2D eigenvalue weighted by atomic mass is 10.0. The van der Waals surface area contributed by atoms with Gasteiger partial charge in [0.05, 0.1) is 6.04 Å². The van der Waals surface area contributed by atoms with E-state index in [1.807, 2.05) is 23.6 Å². The number of pyridine rings is 1. The molecule has 4 heterocycles. The number of nitrogens with zero attached hydrogens (tertiary/aromatic N) is 3. The van der Waals surface area contributed by atoms with Gasteiger partial charge in [-0.1, -0.05) is 0 Å². The molecule has 1 saturated carbocycles. The first-order chi connectivity index (χ1) is 10.4. The van der Waals surface area contributed by atoms with E-state index in [-0.39, 0.29) is 6.04 Å². The molecular formula is C16H16N4S. The summed E-state index contributed by atoms with van der Waals surface area (Å²) in [4.78, 5) is 11.0. The Kier molecular flexibility index (Phi) is 2.48. The number of hydrogen-bond donors (Lipinski definition) is 1. The molecule has 1 aliphatic heterocycles. The largest absolute Gasteiger partial charge is 0.308 e. The van der Waals surface area contributed by atoms with Crippen molar-refractivity contribution in [3.63, 3.8) is 0 Å². The number of rotatable bonds is 2. The summed E-state index contributed by atoms with van der Waals surface area (Å²) in [7, 11) is 0. The van der Waals surface area contributed by atoms with Crippen LogP contribution in [0.25, 0.3) is 11.2 Å². The lowest BCUT2D eigenvalue weighted by molar-refractivity contribution is 0.523. The second kappa shape index (κ2) is 4.39. The van der Waals surface area contributed by atoms with Crippen molar-refractivity contribution in [2.45, 2.75) is 31.3 Å². The summed E-state index contributed by atoms with van der Waals surface area (Å²) in [6.45, 7) is 1.03. The van der Waals surface area contributed by atoms with Crippen LogP contribution in [0.3, 0.4) is 0 Å². The minimum absolute atomic E-state index is 0.217. The second-order valence-corrected chi connectivity index (χ2v) is 6.85. The molecule has 5 rings (SSSR count). The van der Waals surface area contributed by atoms with Crippen molar-refractivity contribution in [3.8, 4) is 0 Å². The van der Waals surface area contributed by atoms with E-state index in [1.54, 1.807) is 0 Å². The molecule has 1 aliphatic carbocycles. The lowest BCUT2D eigenvalue weighted by Gasteiger charge is -2.24. The summed E-state index contributed by atoms with van der Waals surface area (Å²) in [6.07, 6.45) is 5.50. The summed E-state index contributed by atoms with van der Waals surface area (Å²) in [5.41, 5.74) is 3.46. The van der Waals surface area contributed by atoms with Crippen LogP contribution < -0.4 is 5.32 Å². The third kappa shape index (κ3) is 1.77. The minimum atomic E-state index is 0.217. The van der Waals surface area contributed by atoms with Gasteiger partial charge in [0.15, 0.2) is 5.65 Å². The molecule has 5 heteroatoms. The molecule has 106 valence electrons. The van der Waals surface area contributed by atoms with E-state index in [0.29, 0.717) is 6.04 Å². The van der Waals surface area contributed by atoms with Gasteiger partial charge >= 0.3 is 0 Å². The van der Waals surface area contributed by atoms with E-state index in [2.05, 4.69) is 32.4 Å². The average molecular weight is 296 g/mol. The molecule has 0 saturated heterocycles. The predicted molar refractivity (Wildman–Crippen MR) is 83.7 cm³/mol. The highest BCUT2D eigenvalue weighted by molar-refractivity contribution is 7.10. The highest BCUT2D eigenvalue weighted by Crippen LogP contribution is 2.41. The molecule has 0 amide bonds. The zero-order valence-electron chi connectivity index (χ0n) is 11.6. The van der Waals surface area contributed by atoms with Crippen molar-refractivity contribution in [2.75, 3.05) is 6.54 Å². The summed E-state index contributed by atoms with van der Waals surface area (Å²) in [5.74, 6) is 1.14. The molecular weight excluding hydrogens is 280 g/mol. The zero-order valence-corrected chi connectivity index (χ0v) is 12.4. The maximum atomic E-state index is 4.92. The summed E-state index contributed by atoms with van der Waals surface area (Å²) in [5, 5.41) is 5.86. The number of imidazole rings is 1. The van der Waals surface area contributed by atoms with Gasteiger partial charge in [0, 0.05) is 23.7 Å². The Bertz CT molecular complexity index is 815. The number of fused-ring (bicyclic) bond motifs is 2. The summed E-state index contributed by atoms with van der Waals surface area (Å²) >= 11 is 1.87. The van der Waals surface area contributed by atoms with Gasteiger partial charge < -0.3 is 9.88 Å². The van der Waals surface area contributed by atoms with E-state index in [4.69, 9.17) is 4.98 Å². The maximum Gasteiger partial charge on any atom is 0.160 e. The van der Waals surface area contributed by atoms with Crippen LogP contribution >= 0.6 is 11.3 Å². The van der Waals surface area contributed by atoms with E-state index >= 15 is 0 Å². The quantitative estimate of drug-likeness (QED) is 0.790. The number of nitrogens with one attached hydrogen (secondary N) is 1. The molecule has 1 fully saturated rings.